The molecule has 1 aliphatic carbocycles. The zero-order valence-electron chi connectivity index (χ0n) is 10.00. The number of nitrogens with two attached hydrogens (primary N) is 1. The van der Waals surface area contributed by atoms with Crippen molar-refractivity contribution < 1.29 is 9.53 Å². The molecular formula is C12H22N2O2. The average Bonchev–Trinajstić information content (AvgIpc) is 2.86. The maximum atomic E-state index is 12.0. The first-order chi connectivity index (χ1) is 7.63. The quantitative estimate of drug-likeness (QED) is 0.753. The van der Waals surface area contributed by atoms with Crippen molar-refractivity contribution in [2.45, 2.75) is 63.2 Å². The number of carbonyl (C=O) groups excluding carboxylic acids is 1. The van der Waals surface area contributed by atoms with Crippen molar-refractivity contribution in [3.05, 3.63) is 0 Å². The molecule has 1 heterocycles. The topological polar surface area (TPSA) is 64.4 Å². The lowest BCUT2D eigenvalue weighted by Gasteiger charge is -2.27. The van der Waals surface area contributed by atoms with E-state index in [1.807, 2.05) is 0 Å². The monoisotopic (exact) mass is 226 g/mol. The molecule has 2 fully saturated rings. The number of nitrogens with one attached hydrogen (secondary N) is 1. The Hall–Kier alpha value is -0.610. The summed E-state index contributed by atoms with van der Waals surface area (Å²) < 4.78 is 5.59. The summed E-state index contributed by atoms with van der Waals surface area (Å²) in [6.07, 6.45) is 6.13. The van der Waals surface area contributed by atoms with E-state index < -0.39 is 0 Å². The molecule has 0 radical (unpaired) electrons. The van der Waals surface area contributed by atoms with E-state index in [1.54, 1.807) is 0 Å². The molecule has 0 aromatic carbocycles. The molecule has 0 aromatic heterocycles. The molecule has 1 amide bonds. The average molecular weight is 226 g/mol. The van der Waals surface area contributed by atoms with Crippen molar-refractivity contribution in [1.82, 2.24) is 5.32 Å². The van der Waals surface area contributed by atoms with Crippen LogP contribution < -0.4 is 11.1 Å². The van der Waals surface area contributed by atoms with Gasteiger partial charge in [-0.1, -0.05) is 12.8 Å². The first kappa shape index (κ1) is 11.9. The highest BCUT2D eigenvalue weighted by molar-refractivity contribution is 5.81. The van der Waals surface area contributed by atoms with E-state index in [4.69, 9.17) is 10.5 Å². The fourth-order valence-corrected chi connectivity index (χ4v) is 2.73. The number of hydrogen-bond acceptors (Lipinski definition) is 3. The molecule has 4 heteroatoms. The molecule has 3 N–H and O–H groups in total. The van der Waals surface area contributed by atoms with Crippen LogP contribution >= 0.6 is 0 Å². The number of amides is 1. The smallest absolute Gasteiger partial charge is 0.249 e. The largest absolute Gasteiger partial charge is 0.364 e. The SMILES string of the molecule is CC1(NC(=O)[C@@H]2CC[C@H](CN)O2)CCCC1. The van der Waals surface area contributed by atoms with Crippen molar-refractivity contribution >= 4 is 5.91 Å². The van der Waals surface area contributed by atoms with Gasteiger partial charge in [-0.2, -0.15) is 0 Å². The van der Waals surface area contributed by atoms with E-state index in [0.29, 0.717) is 6.54 Å². The van der Waals surface area contributed by atoms with Crippen LogP contribution in [0.2, 0.25) is 0 Å². The molecule has 2 aliphatic rings. The van der Waals surface area contributed by atoms with Gasteiger partial charge in [-0.15, -0.1) is 0 Å². The van der Waals surface area contributed by atoms with Gasteiger partial charge in [0.15, 0.2) is 0 Å². The van der Waals surface area contributed by atoms with Gasteiger partial charge >= 0.3 is 0 Å². The Kier molecular flexibility index (Phi) is 3.50. The minimum atomic E-state index is -0.272. The lowest BCUT2D eigenvalue weighted by atomic mass is 10.00. The summed E-state index contributed by atoms with van der Waals surface area (Å²) in [5.74, 6) is 0.0559. The molecule has 0 spiro atoms. The Morgan fingerprint density at radius 2 is 2.12 bits per heavy atom. The molecular weight excluding hydrogens is 204 g/mol. The van der Waals surface area contributed by atoms with Crippen molar-refractivity contribution in [1.29, 1.82) is 0 Å². The molecule has 1 saturated carbocycles. The van der Waals surface area contributed by atoms with Crippen molar-refractivity contribution in [2.75, 3.05) is 6.54 Å². The van der Waals surface area contributed by atoms with E-state index >= 15 is 0 Å². The molecule has 4 nitrogen and oxygen atoms in total. The standard InChI is InChI=1S/C12H22N2O2/c1-12(6-2-3-7-12)14-11(15)10-5-4-9(8-13)16-10/h9-10H,2-8,13H2,1H3,(H,14,15)/t9-,10+/m1/s1. The first-order valence-corrected chi connectivity index (χ1v) is 6.30. The zero-order valence-corrected chi connectivity index (χ0v) is 10.00. The van der Waals surface area contributed by atoms with Crippen LogP contribution in [0.3, 0.4) is 0 Å². The molecule has 16 heavy (non-hydrogen) atoms. The second kappa shape index (κ2) is 4.72. The van der Waals surface area contributed by atoms with Crippen LogP contribution in [0.15, 0.2) is 0 Å². The van der Waals surface area contributed by atoms with Gasteiger partial charge in [0.1, 0.15) is 6.10 Å². The Morgan fingerprint density at radius 3 is 2.69 bits per heavy atom. The summed E-state index contributed by atoms with van der Waals surface area (Å²) in [5.41, 5.74) is 5.53. The molecule has 0 unspecified atom stereocenters. The number of carbonyl (C=O) groups is 1. The van der Waals surface area contributed by atoms with E-state index in [9.17, 15) is 4.79 Å². The van der Waals surface area contributed by atoms with Crippen LogP contribution in [-0.2, 0) is 9.53 Å². The molecule has 0 aromatic rings. The Morgan fingerprint density at radius 1 is 1.44 bits per heavy atom. The maximum Gasteiger partial charge on any atom is 0.249 e. The summed E-state index contributed by atoms with van der Waals surface area (Å²) in [6.45, 7) is 2.65. The second-order valence-corrected chi connectivity index (χ2v) is 5.32. The third kappa shape index (κ3) is 2.55. The molecule has 2 rings (SSSR count). The predicted octanol–water partition coefficient (Wildman–Crippen LogP) is 0.942. The van der Waals surface area contributed by atoms with Gasteiger partial charge in [0, 0.05) is 12.1 Å². The van der Waals surface area contributed by atoms with Crippen LogP contribution in [-0.4, -0.2) is 30.2 Å². The van der Waals surface area contributed by atoms with Crippen molar-refractivity contribution in [3.8, 4) is 0 Å². The minimum absolute atomic E-state index is 0.00123. The van der Waals surface area contributed by atoms with E-state index in [1.165, 1.54) is 12.8 Å². The molecule has 1 aliphatic heterocycles. The minimum Gasteiger partial charge on any atom is -0.364 e. The zero-order chi connectivity index (χ0) is 11.6. The van der Waals surface area contributed by atoms with Gasteiger partial charge < -0.3 is 15.8 Å². The predicted molar refractivity (Wildman–Crippen MR) is 62.0 cm³/mol. The number of rotatable bonds is 3. The van der Waals surface area contributed by atoms with Crippen molar-refractivity contribution in [3.63, 3.8) is 0 Å². The Labute approximate surface area is 96.9 Å². The number of hydrogen-bond donors (Lipinski definition) is 2. The third-order valence-electron chi connectivity index (χ3n) is 3.79. The molecule has 1 saturated heterocycles. The van der Waals surface area contributed by atoms with Gasteiger partial charge in [0.2, 0.25) is 5.91 Å². The number of ether oxygens (including phenoxy) is 1. The Bertz CT molecular complexity index is 262. The summed E-state index contributed by atoms with van der Waals surface area (Å²) in [7, 11) is 0. The van der Waals surface area contributed by atoms with Gasteiger partial charge in [0.05, 0.1) is 6.10 Å². The summed E-state index contributed by atoms with van der Waals surface area (Å²) in [4.78, 5) is 12.0. The highest BCUT2D eigenvalue weighted by Crippen LogP contribution is 2.29. The fourth-order valence-electron chi connectivity index (χ4n) is 2.73. The molecule has 0 bridgehead atoms. The van der Waals surface area contributed by atoms with Crippen LogP contribution in [0.4, 0.5) is 0 Å². The Balaban J connectivity index is 1.84. The van der Waals surface area contributed by atoms with Gasteiger partial charge in [-0.3, -0.25) is 4.79 Å². The highest BCUT2D eigenvalue weighted by Gasteiger charge is 2.35. The van der Waals surface area contributed by atoms with Gasteiger partial charge in [-0.05, 0) is 32.6 Å². The third-order valence-corrected chi connectivity index (χ3v) is 3.79. The van der Waals surface area contributed by atoms with E-state index in [0.717, 1.165) is 25.7 Å². The highest BCUT2D eigenvalue weighted by atomic mass is 16.5. The summed E-state index contributed by atoms with van der Waals surface area (Å²) in [6, 6.07) is 0. The van der Waals surface area contributed by atoms with E-state index in [-0.39, 0.29) is 23.7 Å². The van der Waals surface area contributed by atoms with Crippen LogP contribution in [0.25, 0.3) is 0 Å². The molecule has 2 atom stereocenters. The van der Waals surface area contributed by atoms with Gasteiger partial charge in [0.25, 0.3) is 0 Å². The second-order valence-electron chi connectivity index (χ2n) is 5.32. The van der Waals surface area contributed by atoms with Gasteiger partial charge in [-0.25, -0.2) is 0 Å². The lowest BCUT2D eigenvalue weighted by molar-refractivity contribution is -0.133. The van der Waals surface area contributed by atoms with Crippen LogP contribution in [0.5, 0.6) is 0 Å². The maximum absolute atomic E-state index is 12.0. The normalized spacial score (nSPS) is 32.9. The van der Waals surface area contributed by atoms with Crippen LogP contribution in [0, 0.1) is 0 Å². The van der Waals surface area contributed by atoms with E-state index in [2.05, 4.69) is 12.2 Å². The lowest BCUT2D eigenvalue weighted by Crippen LogP contribution is -2.48. The van der Waals surface area contributed by atoms with Crippen LogP contribution in [0.1, 0.15) is 45.4 Å². The summed E-state index contributed by atoms with van der Waals surface area (Å²) >= 11 is 0. The summed E-state index contributed by atoms with van der Waals surface area (Å²) in [5, 5.41) is 3.14. The first-order valence-electron chi connectivity index (χ1n) is 6.30. The fraction of sp³-hybridized carbons (Fsp3) is 0.917. The molecule has 92 valence electrons. The van der Waals surface area contributed by atoms with Crippen molar-refractivity contribution in [2.24, 2.45) is 5.73 Å².